The lowest BCUT2D eigenvalue weighted by Crippen LogP contribution is -2.40. The molecule has 2 unspecified atom stereocenters. The lowest BCUT2D eigenvalue weighted by Gasteiger charge is -2.31. The van der Waals surface area contributed by atoms with E-state index in [-0.39, 0.29) is 0 Å². The molecule has 0 amide bonds. The largest absolute Gasteiger partial charge is 0.759 e. The highest BCUT2D eigenvalue weighted by molar-refractivity contribution is 8.52. The molecule has 0 spiro atoms. The molecule has 0 N–H and O–H groups in total. The van der Waals surface area contributed by atoms with Gasteiger partial charge < -0.3 is 4.89 Å². The van der Waals surface area contributed by atoms with Crippen LogP contribution in [0.4, 0.5) is 0 Å². The molecule has 0 aliphatic carbocycles. The van der Waals surface area contributed by atoms with Crippen LogP contribution < -0.4 is 4.89 Å². The second-order valence-corrected chi connectivity index (χ2v) is 11.6. The lowest BCUT2D eigenvalue weighted by molar-refractivity contribution is -0.166. The molecule has 2 atom stereocenters. The third-order valence-corrected chi connectivity index (χ3v) is 9.11. The van der Waals surface area contributed by atoms with Gasteiger partial charge in [-0.25, -0.2) is 0 Å². The zero-order valence-corrected chi connectivity index (χ0v) is 13.1. The maximum absolute atomic E-state index is 11.5. The Morgan fingerprint density at radius 2 is 1.69 bits per heavy atom. The van der Waals surface area contributed by atoms with E-state index in [1.807, 2.05) is 6.92 Å². The highest BCUT2D eigenvalue weighted by Gasteiger charge is 2.27. The summed E-state index contributed by atoms with van der Waals surface area (Å²) in [5, 5.41) is 0. The number of nitrogens with zero attached hydrogens (tertiary/aromatic N) is 1. The Morgan fingerprint density at radius 1 is 1.25 bits per heavy atom. The zero-order chi connectivity index (χ0) is 12.9. The van der Waals surface area contributed by atoms with Gasteiger partial charge in [-0.3, -0.25) is 9.46 Å². The van der Waals surface area contributed by atoms with Crippen molar-refractivity contribution in [2.24, 2.45) is 0 Å². The van der Waals surface area contributed by atoms with E-state index >= 15 is 0 Å². The van der Waals surface area contributed by atoms with E-state index < -0.39 is 17.1 Å². The Labute approximate surface area is 103 Å². The van der Waals surface area contributed by atoms with Crippen molar-refractivity contribution in [1.29, 1.82) is 0 Å². The van der Waals surface area contributed by atoms with Gasteiger partial charge in [-0.1, -0.05) is 0 Å². The fourth-order valence-electron chi connectivity index (χ4n) is 1.87. The van der Waals surface area contributed by atoms with Crippen molar-refractivity contribution in [2.75, 3.05) is 24.7 Å². The summed E-state index contributed by atoms with van der Waals surface area (Å²) in [7, 11) is -0.444. The molecule has 0 rings (SSSR count). The molecule has 3 nitrogen and oxygen atoms in total. The van der Waals surface area contributed by atoms with Gasteiger partial charge in [0.25, 0.3) is 0 Å². The maximum Gasteiger partial charge on any atom is 0.207 e. The van der Waals surface area contributed by atoms with Gasteiger partial charge in [-0.2, -0.15) is 0 Å². The monoisotopic (exact) mass is 267 g/mol. The minimum Gasteiger partial charge on any atom is -0.759 e. The molecule has 0 aliphatic rings. The van der Waals surface area contributed by atoms with Crippen LogP contribution in [0.1, 0.15) is 34.6 Å². The molecule has 5 heteroatoms. The number of rotatable bonds is 7. The van der Waals surface area contributed by atoms with E-state index in [1.165, 1.54) is 6.66 Å². The molecule has 0 aromatic carbocycles. The lowest BCUT2D eigenvalue weighted by atomic mass is 10.2. The first kappa shape index (κ1) is 16.5. The van der Waals surface area contributed by atoms with Crippen molar-refractivity contribution in [3.8, 4) is 0 Å². The normalized spacial score (nSPS) is 18.1. The van der Waals surface area contributed by atoms with E-state index in [9.17, 15) is 9.46 Å². The van der Waals surface area contributed by atoms with E-state index in [0.29, 0.717) is 12.1 Å². The first-order valence-electron chi connectivity index (χ1n) is 5.92. The van der Waals surface area contributed by atoms with Crippen molar-refractivity contribution in [1.82, 2.24) is 4.90 Å². The summed E-state index contributed by atoms with van der Waals surface area (Å²) in [4.78, 5) is 13.9. The minimum atomic E-state index is -3.14. The predicted molar refractivity (Wildman–Crippen MR) is 73.3 cm³/mol. The summed E-state index contributed by atoms with van der Waals surface area (Å²) in [6, 6.07) is 0.954. The zero-order valence-electron chi connectivity index (χ0n) is 11.4. The van der Waals surface area contributed by atoms with Gasteiger partial charge in [0.05, 0.1) is 0 Å². The van der Waals surface area contributed by atoms with Crippen LogP contribution in [-0.4, -0.2) is 41.7 Å². The quantitative estimate of drug-likeness (QED) is 0.523. The second kappa shape index (κ2) is 7.05. The van der Waals surface area contributed by atoms with Crippen LogP contribution in [0.3, 0.4) is 0 Å². The summed E-state index contributed by atoms with van der Waals surface area (Å²) in [6.07, 6.45) is 0. The average molecular weight is 267 g/mol. The van der Waals surface area contributed by atoms with E-state index in [1.54, 1.807) is 0 Å². The van der Waals surface area contributed by atoms with Crippen LogP contribution >= 0.6 is 6.57 Å². The number of hydrogen-bond donors (Lipinski definition) is 0. The maximum atomic E-state index is 11.5. The topological polar surface area (TPSA) is 43.4 Å². The highest BCUT2D eigenvalue weighted by atomic mass is 32.8. The molecule has 0 heterocycles. The summed E-state index contributed by atoms with van der Waals surface area (Å²) in [6.45, 7) is 9.73. The van der Waals surface area contributed by atoms with Crippen molar-refractivity contribution in [3.05, 3.63) is 0 Å². The molecule has 98 valence electrons. The van der Waals surface area contributed by atoms with Crippen molar-refractivity contribution in [3.63, 3.8) is 0 Å². The van der Waals surface area contributed by atoms with Crippen LogP contribution in [0.15, 0.2) is 0 Å². The third-order valence-electron chi connectivity index (χ3n) is 2.71. The Bertz CT molecular complexity index is 232. The summed E-state index contributed by atoms with van der Waals surface area (Å²) < 4.78 is 11.5. The highest BCUT2D eigenvalue weighted by Crippen LogP contribution is 2.41. The van der Waals surface area contributed by atoms with Crippen molar-refractivity contribution in [2.45, 2.75) is 46.7 Å². The SMILES string of the molecule is CC[S+](CCN(C(C)C)C(C)C)P(C)(=O)[O-]. The molecule has 16 heavy (non-hydrogen) atoms. The standard InChI is InChI=1S/C11H26NO2PS/c1-7-16(15(6,13)14)9-8-12(10(2)3)11(4)5/h10-11H,7-9H2,1-6H3. The Balaban J connectivity index is 4.34. The fourth-order valence-corrected chi connectivity index (χ4v) is 6.03. The molecular weight excluding hydrogens is 241 g/mol. The molecule has 0 aromatic rings. The third kappa shape index (κ3) is 5.72. The van der Waals surface area contributed by atoms with Crippen LogP contribution in [0.25, 0.3) is 0 Å². The Morgan fingerprint density at radius 3 is 1.94 bits per heavy atom. The van der Waals surface area contributed by atoms with E-state index in [4.69, 9.17) is 0 Å². The van der Waals surface area contributed by atoms with Gasteiger partial charge in [0, 0.05) is 35.8 Å². The van der Waals surface area contributed by atoms with Gasteiger partial charge in [0.1, 0.15) is 11.5 Å². The van der Waals surface area contributed by atoms with Crippen LogP contribution in [-0.2, 0) is 15.1 Å². The predicted octanol–water partition coefficient (Wildman–Crippen LogP) is 1.93. The molecule has 0 aromatic heterocycles. The molecule has 0 aliphatic heterocycles. The summed E-state index contributed by atoms with van der Waals surface area (Å²) >= 11 is 0. The van der Waals surface area contributed by atoms with E-state index in [0.717, 1.165) is 18.1 Å². The van der Waals surface area contributed by atoms with Gasteiger partial charge >= 0.3 is 0 Å². The second-order valence-electron chi connectivity index (χ2n) is 4.65. The average Bonchev–Trinajstić information content (AvgIpc) is 2.08. The van der Waals surface area contributed by atoms with Crippen molar-refractivity contribution >= 4 is 17.1 Å². The molecule has 0 radical (unpaired) electrons. The van der Waals surface area contributed by atoms with Gasteiger partial charge in [-0.05, 0) is 34.6 Å². The van der Waals surface area contributed by atoms with Gasteiger partial charge in [0.15, 0.2) is 0 Å². The first-order valence-corrected chi connectivity index (χ1v) is 10.2. The van der Waals surface area contributed by atoms with Gasteiger partial charge in [0.2, 0.25) is 6.57 Å². The number of hydrogen-bond acceptors (Lipinski definition) is 3. The Kier molecular flexibility index (Phi) is 7.27. The van der Waals surface area contributed by atoms with Gasteiger partial charge in [-0.15, -0.1) is 0 Å². The van der Waals surface area contributed by atoms with Crippen LogP contribution in [0.5, 0.6) is 0 Å². The van der Waals surface area contributed by atoms with Crippen LogP contribution in [0, 0.1) is 0 Å². The Hall–Kier alpha value is 0.500. The molecule has 0 bridgehead atoms. The first-order chi connectivity index (χ1) is 7.20. The minimum absolute atomic E-state index is 0.444. The van der Waals surface area contributed by atoms with Crippen LogP contribution in [0.2, 0.25) is 0 Å². The smallest absolute Gasteiger partial charge is 0.207 e. The molecule has 0 saturated heterocycles. The van der Waals surface area contributed by atoms with E-state index in [2.05, 4.69) is 32.6 Å². The molecule has 0 saturated carbocycles. The molecular formula is C11H26NO2PS. The summed E-state index contributed by atoms with van der Waals surface area (Å²) in [5.74, 6) is 1.53. The van der Waals surface area contributed by atoms with Crippen molar-refractivity contribution < 1.29 is 9.46 Å². The summed E-state index contributed by atoms with van der Waals surface area (Å²) in [5.41, 5.74) is 0. The fraction of sp³-hybridized carbons (Fsp3) is 1.00. The molecule has 0 fully saturated rings.